The Balaban J connectivity index is 1.66. The van der Waals surface area contributed by atoms with Crippen molar-refractivity contribution < 1.29 is 19.0 Å². The number of hydrogen-bond donors (Lipinski definition) is 2. The number of rotatable bonds is 5. The van der Waals surface area contributed by atoms with Crippen molar-refractivity contribution in [2.75, 3.05) is 13.7 Å². The van der Waals surface area contributed by atoms with Crippen LogP contribution in [-0.2, 0) is 23.2 Å². The quantitative estimate of drug-likeness (QED) is 0.878. The lowest BCUT2D eigenvalue weighted by Crippen LogP contribution is -2.43. The van der Waals surface area contributed by atoms with Crippen LogP contribution in [0.25, 0.3) is 0 Å². The van der Waals surface area contributed by atoms with Gasteiger partial charge < -0.3 is 15.2 Å². The Morgan fingerprint density at radius 2 is 2.04 bits per heavy atom. The van der Waals surface area contributed by atoms with Gasteiger partial charge in [-0.3, -0.25) is 4.79 Å². The van der Waals surface area contributed by atoms with E-state index in [2.05, 4.69) is 5.32 Å². The van der Waals surface area contributed by atoms with E-state index < -0.39 is 5.60 Å². The number of nitrogens with one attached hydrogen (secondary N) is 1. The molecule has 4 nitrogen and oxygen atoms in total. The third kappa shape index (κ3) is 3.99. The van der Waals surface area contributed by atoms with Crippen molar-refractivity contribution in [2.45, 2.75) is 31.3 Å². The summed E-state index contributed by atoms with van der Waals surface area (Å²) in [5.74, 6) is 0.247. The van der Waals surface area contributed by atoms with Gasteiger partial charge in [-0.25, -0.2) is 4.39 Å². The number of fused-ring (bicyclic) bond motifs is 1. The van der Waals surface area contributed by atoms with Gasteiger partial charge >= 0.3 is 0 Å². The summed E-state index contributed by atoms with van der Waals surface area (Å²) in [6.07, 6.45) is 2.50. The van der Waals surface area contributed by atoms with Gasteiger partial charge in [0.2, 0.25) is 5.91 Å². The Labute approximate surface area is 146 Å². The highest BCUT2D eigenvalue weighted by Crippen LogP contribution is 2.36. The lowest BCUT2D eigenvalue weighted by atomic mass is 9.79. The molecule has 1 aliphatic carbocycles. The highest BCUT2D eigenvalue weighted by atomic mass is 19.1. The molecule has 0 spiro atoms. The molecule has 0 saturated heterocycles. The molecule has 1 amide bonds. The summed E-state index contributed by atoms with van der Waals surface area (Å²) in [6.45, 7) is 0.159. The van der Waals surface area contributed by atoms with Crippen LogP contribution >= 0.6 is 0 Å². The van der Waals surface area contributed by atoms with Crippen LogP contribution in [0.2, 0.25) is 0 Å². The minimum Gasteiger partial charge on any atom is -0.497 e. The van der Waals surface area contributed by atoms with E-state index in [4.69, 9.17) is 4.74 Å². The van der Waals surface area contributed by atoms with Crippen molar-refractivity contribution in [3.8, 4) is 5.75 Å². The number of halogens is 1. The molecule has 3 rings (SSSR count). The van der Waals surface area contributed by atoms with Gasteiger partial charge in [-0.2, -0.15) is 0 Å². The molecule has 0 aliphatic heterocycles. The predicted octanol–water partition coefficient (Wildman–Crippen LogP) is 2.72. The first kappa shape index (κ1) is 17.4. The summed E-state index contributed by atoms with van der Waals surface area (Å²) in [6, 6.07) is 11.5. The Kier molecular flexibility index (Phi) is 5.04. The Morgan fingerprint density at radius 3 is 2.76 bits per heavy atom. The first-order chi connectivity index (χ1) is 12.0. The zero-order valence-corrected chi connectivity index (χ0v) is 14.2. The molecule has 0 bridgehead atoms. The maximum atomic E-state index is 12.9. The Bertz CT molecular complexity index is 760. The standard InChI is InChI=1S/C20H22FNO3/c1-25-17-8-9-18-15(12-17)3-2-10-20(18,24)13-22-19(23)11-14-4-6-16(21)7-5-14/h4-9,12,24H,2-3,10-11,13H2,1H3,(H,22,23). The summed E-state index contributed by atoms with van der Waals surface area (Å²) in [4.78, 5) is 12.2. The molecular formula is C20H22FNO3. The molecule has 1 unspecified atom stereocenters. The van der Waals surface area contributed by atoms with Crippen molar-refractivity contribution in [3.05, 3.63) is 65.0 Å². The molecule has 0 aromatic heterocycles. The molecule has 1 aliphatic rings. The molecule has 2 aromatic rings. The van der Waals surface area contributed by atoms with E-state index in [9.17, 15) is 14.3 Å². The average Bonchev–Trinajstić information content (AvgIpc) is 2.62. The number of amides is 1. The molecule has 25 heavy (non-hydrogen) atoms. The van der Waals surface area contributed by atoms with E-state index in [1.807, 2.05) is 18.2 Å². The van der Waals surface area contributed by atoms with E-state index in [-0.39, 0.29) is 24.7 Å². The number of aryl methyl sites for hydroxylation is 1. The van der Waals surface area contributed by atoms with E-state index in [1.54, 1.807) is 19.2 Å². The van der Waals surface area contributed by atoms with E-state index in [0.717, 1.165) is 35.3 Å². The molecule has 0 radical (unpaired) electrons. The maximum absolute atomic E-state index is 12.9. The molecule has 1 atom stereocenters. The Morgan fingerprint density at radius 1 is 1.28 bits per heavy atom. The van der Waals surface area contributed by atoms with Crippen LogP contribution in [0, 0.1) is 5.82 Å². The number of aliphatic hydroxyl groups is 1. The molecule has 5 heteroatoms. The SMILES string of the molecule is COc1ccc2c(c1)CCCC2(O)CNC(=O)Cc1ccc(F)cc1. The second kappa shape index (κ2) is 7.23. The number of carbonyl (C=O) groups is 1. The van der Waals surface area contributed by atoms with Crippen LogP contribution < -0.4 is 10.1 Å². The number of carbonyl (C=O) groups excluding carboxylic acids is 1. The molecule has 0 fully saturated rings. The van der Waals surface area contributed by atoms with Gasteiger partial charge in [0.1, 0.15) is 17.2 Å². The van der Waals surface area contributed by atoms with Crippen LogP contribution in [0.1, 0.15) is 29.5 Å². The van der Waals surface area contributed by atoms with Crippen LogP contribution in [-0.4, -0.2) is 24.7 Å². The van der Waals surface area contributed by atoms with Crippen molar-refractivity contribution in [1.82, 2.24) is 5.32 Å². The zero-order valence-electron chi connectivity index (χ0n) is 14.2. The Hall–Kier alpha value is -2.40. The summed E-state index contributed by atoms with van der Waals surface area (Å²) in [7, 11) is 1.62. The normalized spacial score (nSPS) is 19.2. The first-order valence-electron chi connectivity index (χ1n) is 8.41. The second-order valence-electron chi connectivity index (χ2n) is 6.49. The lowest BCUT2D eigenvalue weighted by Gasteiger charge is -2.35. The van der Waals surface area contributed by atoms with Gasteiger partial charge in [0, 0.05) is 0 Å². The van der Waals surface area contributed by atoms with Gasteiger partial charge in [0.05, 0.1) is 20.1 Å². The minimum atomic E-state index is -1.07. The molecule has 132 valence electrons. The van der Waals surface area contributed by atoms with Crippen molar-refractivity contribution in [2.24, 2.45) is 0 Å². The molecule has 0 heterocycles. The lowest BCUT2D eigenvalue weighted by molar-refractivity contribution is -0.122. The summed E-state index contributed by atoms with van der Waals surface area (Å²) in [5, 5.41) is 13.8. The number of hydrogen-bond acceptors (Lipinski definition) is 3. The third-order valence-corrected chi connectivity index (χ3v) is 4.71. The summed E-state index contributed by atoms with van der Waals surface area (Å²) < 4.78 is 18.2. The van der Waals surface area contributed by atoms with E-state index in [1.165, 1.54) is 12.1 Å². The van der Waals surface area contributed by atoms with Crippen molar-refractivity contribution >= 4 is 5.91 Å². The smallest absolute Gasteiger partial charge is 0.224 e. The largest absolute Gasteiger partial charge is 0.497 e. The van der Waals surface area contributed by atoms with Gasteiger partial charge in [0.15, 0.2) is 0 Å². The fraction of sp³-hybridized carbons (Fsp3) is 0.350. The fourth-order valence-electron chi connectivity index (χ4n) is 3.34. The second-order valence-corrected chi connectivity index (χ2v) is 6.49. The van der Waals surface area contributed by atoms with Gasteiger partial charge in [-0.15, -0.1) is 0 Å². The fourth-order valence-corrected chi connectivity index (χ4v) is 3.34. The monoisotopic (exact) mass is 343 g/mol. The number of benzene rings is 2. The van der Waals surface area contributed by atoms with Gasteiger partial charge in [0.25, 0.3) is 0 Å². The average molecular weight is 343 g/mol. The highest BCUT2D eigenvalue weighted by molar-refractivity contribution is 5.78. The van der Waals surface area contributed by atoms with Crippen LogP contribution in [0.4, 0.5) is 4.39 Å². The topological polar surface area (TPSA) is 58.6 Å². The number of ether oxygens (including phenoxy) is 1. The molecule has 2 N–H and O–H groups in total. The zero-order chi connectivity index (χ0) is 17.9. The molecular weight excluding hydrogens is 321 g/mol. The van der Waals surface area contributed by atoms with Gasteiger partial charge in [-0.1, -0.05) is 18.2 Å². The number of methoxy groups -OCH3 is 1. The minimum absolute atomic E-state index is 0.159. The van der Waals surface area contributed by atoms with E-state index >= 15 is 0 Å². The van der Waals surface area contributed by atoms with Crippen molar-refractivity contribution in [3.63, 3.8) is 0 Å². The van der Waals surface area contributed by atoms with Crippen LogP contribution in [0.3, 0.4) is 0 Å². The maximum Gasteiger partial charge on any atom is 0.224 e. The van der Waals surface area contributed by atoms with Crippen molar-refractivity contribution in [1.29, 1.82) is 0 Å². The predicted molar refractivity (Wildman–Crippen MR) is 92.9 cm³/mol. The summed E-state index contributed by atoms with van der Waals surface area (Å²) in [5.41, 5.74) is 1.57. The molecule has 0 saturated carbocycles. The van der Waals surface area contributed by atoms with Crippen LogP contribution in [0.15, 0.2) is 42.5 Å². The first-order valence-corrected chi connectivity index (χ1v) is 8.41. The molecule has 2 aromatic carbocycles. The van der Waals surface area contributed by atoms with Gasteiger partial charge in [-0.05, 0) is 60.2 Å². The van der Waals surface area contributed by atoms with Crippen LogP contribution in [0.5, 0.6) is 5.75 Å². The highest BCUT2D eigenvalue weighted by Gasteiger charge is 2.34. The third-order valence-electron chi connectivity index (χ3n) is 4.71. The summed E-state index contributed by atoms with van der Waals surface area (Å²) >= 11 is 0. The van der Waals surface area contributed by atoms with E-state index in [0.29, 0.717) is 6.42 Å².